The van der Waals surface area contributed by atoms with Crippen molar-refractivity contribution >= 4 is 35.0 Å². The third kappa shape index (κ3) is 6.87. The zero-order valence-electron chi connectivity index (χ0n) is 29.1. The van der Waals surface area contributed by atoms with Gasteiger partial charge in [0, 0.05) is 11.5 Å². The lowest BCUT2D eigenvalue weighted by atomic mass is 9.57. The van der Waals surface area contributed by atoms with Gasteiger partial charge < -0.3 is 9.84 Å². The first-order chi connectivity index (χ1) is 26.9. The van der Waals surface area contributed by atoms with Gasteiger partial charge in [0.15, 0.2) is 0 Å². The Morgan fingerprint density at radius 3 is 1.50 bits per heavy atom. The number of halogens is 12. The Kier molecular flexibility index (Phi) is 9.75. The molecule has 0 radical (unpaired) electrons. The van der Waals surface area contributed by atoms with Gasteiger partial charge in [0.25, 0.3) is 0 Å². The highest BCUT2D eigenvalue weighted by atomic mass is 19.4. The lowest BCUT2D eigenvalue weighted by Crippen LogP contribution is -2.43. The Balaban J connectivity index is 1.36. The van der Waals surface area contributed by atoms with E-state index in [0.29, 0.717) is 0 Å². The number of rotatable bonds is 6. The quantitative estimate of drug-likeness (QED) is 0.153. The van der Waals surface area contributed by atoms with Gasteiger partial charge in [-0.2, -0.15) is 52.7 Å². The van der Waals surface area contributed by atoms with Crippen LogP contribution in [0.2, 0.25) is 0 Å². The molecule has 1 saturated carbocycles. The zero-order chi connectivity index (χ0) is 42.4. The van der Waals surface area contributed by atoms with Gasteiger partial charge in [-0.3, -0.25) is 19.2 Å². The summed E-state index contributed by atoms with van der Waals surface area (Å²) in [6.07, 6.45) is -20.9. The average Bonchev–Trinajstić information content (AvgIpc) is 3.54. The molecule has 3 aromatic carbocycles. The minimum Gasteiger partial charge on any atom is -0.491 e. The topological polar surface area (TPSA) is 104 Å². The molecule has 308 valence electrons. The number of hydrogen-bond donors (Lipinski definition) is 1. The number of alkyl halides is 12. The molecule has 0 spiro atoms. The molecular weight excluding hydrogens is 808 g/mol. The average molecular weight is 835 g/mol. The van der Waals surface area contributed by atoms with Crippen molar-refractivity contribution in [3.63, 3.8) is 0 Å². The maximum Gasteiger partial charge on any atom is 0.416 e. The van der Waals surface area contributed by atoms with Gasteiger partial charge in [-0.25, -0.2) is 9.80 Å². The first kappa shape index (κ1) is 40.8. The minimum absolute atomic E-state index is 0.0141. The summed E-state index contributed by atoms with van der Waals surface area (Å²) >= 11 is 0. The molecule has 2 aliphatic heterocycles. The second-order valence-electron chi connectivity index (χ2n) is 14.2. The smallest absolute Gasteiger partial charge is 0.416 e. The molecule has 8 nitrogen and oxygen atoms in total. The van der Waals surface area contributed by atoms with E-state index in [0.717, 1.165) is 0 Å². The van der Waals surface area contributed by atoms with Crippen molar-refractivity contribution in [1.82, 2.24) is 0 Å². The van der Waals surface area contributed by atoms with Crippen LogP contribution in [0.1, 0.15) is 46.6 Å². The fourth-order valence-electron chi connectivity index (χ4n) is 8.61. The van der Waals surface area contributed by atoms with Crippen molar-refractivity contribution in [1.29, 1.82) is 0 Å². The van der Waals surface area contributed by atoms with E-state index in [2.05, 4.69) is 0 Å². The Bertz CT molecular complexity index is 2180. The number of aliphatic hydroxyl groups is 1. The van der Waals surface area contributed by atoms with Crippen LogP contribution in [0.3, 0.4) is 0 Å². The van der Waals surface area contributed by atoms with E-state index in [4.69, 9.17) is 4.74 Å². The van der Waals surface area contributed by atoms with Crippen molar-refractivity contribution in [2.24, 2.45) is 29.6 Å². The molecule has 2 aliphatic carbocycles. The number of carbonyl (C=O) groups excluding carboxylic acids is 4. The van der Waals surface area contributed by atoms with Gasteiger partial charge in [-0.1, -0.05) is 29.8 Å². The highest BCUT2D eigenvalue weighted by Crippen LogP contribution is 2.60. The number of amides is 4. The lowest BCUT2D eigenvalue weighted by molar-refractivity contribution is -0.144. The summed E-state index contributed by atoms with van der Waals surface area (Å²) in [5, 5.41) is 9.46. The van der Waals surface area contributed by atoms with Crippen LogP contribution in [-0.2, 0) is 43.9 Å². The van der Waals surface area contributed by atoms with Crippen molar-refractivity contribution in [3.8, 4) is 5.75 Å². The molecule has 20 heteroatoms. The Morgan fingerprint density at radius 2 is 1.03 bits per heavy atom. The van der Waals surface area contributed by atoms with E-state index in [9.17, 15) is 77.0 Å². The molecule has 2 saturated heterocycles. The lowest BCUT2D eigenvalue weighted by Gasteiger charge is -2.44. The van der Waals surface area contributed by atoms with Crippen molar-refractivity contribution < 1.29 is 81.7 Å². The molecule has 3 fully saturated rings. The number of para-hydroxylation sites is 1. The minimum atomic E-state index is -5.36. The van der Waals surface area contributed by atoms with Crippen LogP contribution in [-0.4, -0.2) is 41.9 Å². The third-order valence-electron chi connectivity index (χ3n) is 10.9. The van der Waals surface area contributed by atoms with E-state index >= 15 is 0 Å². The molecule has 6 unspecified atom stereocenters. The van der Waals surface area contributed by atoms with Gasteiger partial charge in [0.05, 0.1) is 63.9 Å². The number of imide groups is 2. The molecule has 4 aliphatic rings. The van der Waals surface area contributed by atoms with Gasteiger partial charge in [0.1, 0.15) is 12.4 Å². The Hall–Kier alpha value is -5.40. The number of hydrogen-bond acceptors (Lipinski definition) is 6. The van der Waals surface area contributed by atoms with Crippen molar-refractivity contribution in [3.05, 3.63) is 100 Å². The molecule has 2 heterocycles. The second-order valence-corrected chi connectivity index (χ2v) is 14.2. The van der Waals surface area contributed by atoms with Crippen molar-refractivity contribution in [2.45, 2.75) is 43.5 Å². The summed E-state index contributed by atoms with van der Waals surface area (Å²) in [5.41, 5.74) is -9.07. The summed E-state index contributed by atoms with van der Waals surface area (Å²) < 4.78 is 172. The number of allylic oxidation sites excluding steroid dienone is 2. The Labute approximate surface area is 318 Å². The first-order valence-electron chi connectivity index (χ1n) is 17.3. The van der Waals surface area contributed by atoms with E-state index in [1.807, 2.05) is 0 Å². The molecule has 3 aromatic rings. The van der Waals surface area contributed by atoms with Crippen LogP contribution < -0.4 is 14.5 Å². The third-order valence-corrected chi connectivity index (χ3v) is 10.9. The number of aliphatic hydroxyl groups excluding tert-OH is 1. The molecule has 58 heavy (non-hydrogen) atoms. The summed E-state index contributed by atoms with van der Waals surface area (Å²) in [6.45, 7) is -0.826. The normalized spacial score (nSPS) is 25.2. The van der Waals surface area contributed by atoms with Crippen LogP contribution in [0.25, 0.3) is 0 Å². The van der Waals surface area contributed by atoms with Crippen molar-refractivity contribution in [2.75, 3.05) is 23.0 Å². The predicted molar refractivity (Wildman–Crippen MR) is 174 cm³/mol. The maximum atomic E-state index is 14.4. The Morgan fingerprint density at radius 1 is 0.586 bits per heavy atom. The fraction of sp³-hybridized carbons (Fsp3) is 0.368. The number of carbonyl (C=O) groups is 4. The molecular formula is C38H26F12N2O6. The number of ether oxygens (including phenoxy) is 1. The van der Waals surface area contributed by atoms with E-state index < -0.39 is 130 Å². The predicted octanol–water partition coefficient (Wildman–Crippen LogP) is 8.18. The van der Waals surface area contributed by atoms with Gasteiger partial charge >= 0.3 is 24.7 Å². The van der Waals surface area contributed by atoms with E-state index in [1.165, 1.54) is 30.3 Å². The molecule has 6 atom stereocenters. The molecule has 7 rings (SSSR count). The zero-order valence-corrected chi connectivity index (χ0v) is 29.1. The van der Waals surface area contributed by atoms with Crippen LogP contribution in [0, 0.1) is 29.6 Å². The van der Waals surface area contributed by atoms with Gasteiger partial charge in [0.2, 0.25) is 23.6 Å². The molecule has 1 N–H and O–H groups in total. The number of nitrogens with zero attached hydrogens (tertiary/aromatic N) is 2. The fourth-order valence-corrected chi connectivity index (χ4v) is 8.61. The van der Waals surface area contributed by atoms with E-state index in [-0.39, 0.29) is 76.1 Å². The highest BCUT2D eigenvalue weighted by molar-refractivity contribution is 6.24. The van der Waals surface area contributed by atoms with Gasteiger partial charge in [-0.15, -0.1) is 0 Å². The SMILES string of the molecule is O=C1C2CC=C3C(CC4C(=O)N(c5cc(C(F)(F)F)cc(C(F)(F)F)c5)C(=O)C4C3c3ccccc3OCCO)C2C(=O)N1c1cc(C(F)(F)F)cc(C(F)(F)F)c1. The first-order valence-corrected chi connectivity index (χ1v) is 17.3. The summed E-state index contributed by atoms with van der Waals surface area (Å²) in [4.78, 5) is 57.1. The molecule has 4 amide bonds. The summed E-state index contributed by atoms with van der Waals surface area (Å²) in [7, 11) is 0. The number of fused-ring (bicyclic) bond motifs is 4. The standard InChI is InChI=1S/C38H26F12N2O6/c39-35(40,41)16-9-17(36(42,43)44)12-20(11-16)51-31(54)24-6-5-22-25(29(24)33(51)56)15-26-30(28(22)23-3-1-2-4-27(23)58-8-7-53)34(57)52(32(26)55)21-13-18(37(45,46)47)10-19(14-21)38(48,49)50/h1-5,9-14,24-26,28-30,53H,6-8,15H2. The molecule has 0 aromatic heterocycles. The highest BCUT2D eigenvalue weighted by Gasteiger charge is 2.63. The van der Waals surface area contributed by atoms with Crippen LogP contribution in [0.5, 0.6) is 5.75 Å². The maximum absolute atomic E-state index is 14.4. The molecule has 0 bridgehead atoms. The van der Waals surface area contributed by atoms with Crippen LogP contribution >= 0.6 is 0 Å². The summed E-state index contributed by atoms with van der Waals surface area (Å²) in [5.74, 6) is -13.5. The summed E-state index contributed by atoms with van der Waals surface area (Å²) in [6, 6.07) is 6.16. The van der Waals surface area contributed by atoms with E-state index in [1.54, 1.807) is 0 Å². The van der Waals surface area contributed by atoms with Crippen LogP contribution in [0.4, 0.5) is 64.1 Å². The van der Waals surface area contributed by atoms with Crippen LogP contribution in [0.15, 0.2) is 72.3 Å². The largest absolute Gasteiger partial charge is 0.491 e. The number of benzene rings is 3. The number of anilines is 2. The van der Waals surface area contributed by atoms with Gasteiger partial charge in [-0.05, 0) is 61.2 Å². The second kappa shape index (κ2) is 13.9. The monoisotopic (exact) mass is 834 g/mol.